The normalized spacial score (nSPS) is 10.8. The Bertz CT molecular complexity index is 1040. The van der Waals surface area contributed by atoms with Gasteiger partial charge in [-0.15, -0.1) is 0 Å². The van der Waals surface area contributed by atoms with Crippen molar-refractivity contribution in [3.05, 3.63) is 63.2 Å². The third-order valence-electron chi connectivity index (χ3n) is 4.04. The molecule has 2 aromatic carbocycles. The van der Waals surface area contributed by atoms with Gasteiger partial charge in [0.05, 0.1) is 35.3 Å². The van der Waals surface area contributed by atoms with E-state index in [1.54, 1.807) is 30.7 Å². The minimum Gasteiger partial charge on any atom is -0.497 e. The second-order valence-electron chi connectivity index (χ2n) is 5.93. The highest BCUT2D eigenvalue weighted by molar-refractivity contribution is 6.34. The highest BCUT2D eigenvalue weighted by Gasteiger charge is 2.13. The number of nitrogens with zero attached hydrogens (tertiary/aromatic N) is 2. The Labute approximate surface area is 155 Å². The number of anilines is 1. The lowest BCUT2D eigenvalue weighted by atomic mass is 10.2. The molecule has 0 bridgehead atoms. The Kier molecular flexibility index (Phi) is 4.95. The maximum Gasteiger partial charge on any atom is 0.261 e. The standard InChI is InChI=1S/C19H18ClN3O3/c1-11-21-17-9-16(20)18(22-12(2)24)8-15(17)19(25)23(11)10-13-4-6-14(26-3)7-5-13/h4-9H,10H2,1-3H3,(H,22,24). The maximum absolute atomic E-state index is 13.0. The second kappa shape index (κ2) is 7.17. The third-order valence-corrected chi connectivity index (χ3v) is 4.36. The third kappa shape index (κ3) is 3.55. The number of halogens is 1. The Morgan fingerprint density at radius 3 is 2.58 bits per heavy atom. The molecule has 1 amide bonds. The van der Waals surface area contributed by atoms with E-state index in [2.05, 4.69) is 10.3 Å². The molecule has 134 valence electrons. The van der Waals surface area contributed by atoms with Gasteiger partial charge in [0.2, 0.25) is 5.91 Å². The van der Waals surface area contributed by atoms with E-state index >= 15 is 0 Å². The second-order valence-corrected chi connectivity index (χ2v) is 6.34. The van der Waals surface area contributed by atoms with Crippen molar-refractivity contribution in [2.45, 2.75) is 20.4 Å². The van der Waals surface area contributed by atoms with Crippen molar-refractivity contribution in [2.24, 2.45) is 0 Å². The molecule has 0 atom stereocenters. The summed E-state index contributed by atoms with van der Waals surface area (Å²) < 4.78 is 6.75. The molecule has 1 N–H and O–H groups in total. The van der Waals surface area contributed by atoms with Crippen LogP contribution in [0.15, 0.2) is 41.2 Å². The number of aromatic nitrogens is 2. The molecule has 0 radical (unpaired) electrons. The molecular formula is C19H18ClN3O3. The number of methoxy groups -OCH3 is 1. The van der Waals surface area contributed by atoms with Gasteiger partial charge < -0.3 is 10.1 Å². The number of hydrogen-bond donors (Lipinski definition) is 1. The molecule has 0 unspecified atom stereocenters. The van der Waals surface area contributed by atoms with Crippen LogP contribution in [0.2, 0.25) is 5.02 Å². The van der Waals surface area contributed by atoms with E-state index in [0.29, 0.717) is 34.0 Å². The number of carbonyl (C=O) groups is 1. The largest absolute Gasteiger partial charge is 0.497 e. The van der Waals surface area contributed by atoms with Gasteiger partial charge in [0.25, 0.3) is 5.56 Å². The quantitative estimate of drug-likeness (QED) is 0.763. The Balaban J connectivity index is 2.08. The van der Waals surface area contributed by atoms with Crippen molar-refractivity contribution in [1.82, 2.24) is 9.55 Å². The minimum atomic E-state index is -0.259. The van der Waals surface area contributed by atoms with Crippen LogP contribution >= 0.6 is 11.6 Å². The molecule has 26 heavy (non-hydrogen) atoms. The predicted octanol–water partition coefficient (Wildman–Crippen LogP) is 3.37. The van der Waals surface area contributed by atoms with E-state index in [4.69, 9.17) is 16.3 Å². The number of nitrogens with one attached hydrogen (secondary N) is 1. The van der Waals surface area contributed by atoms with Crippen LogP contribution in [0.4, 0.5) is 5.69 Å². The van der Waals surface area contributed by atoms with E-state index in [0.717, 1.165) is 11.3 Å². The molecule has 1 heterocycles. The smallest absolute Gasteiger partial charge is 0.261 e. The number of benzene rings is 2. The molecule has 3 aromatic rings. The fraction of sp³-hybridized carbons (Fsp3) is 0.211. The first kappa shape index (κ1) is 17.9. The van der Waals surface area contributed by atoms with Crippen LogP contribution in [-0.2, 0) is 11.3 Å². The monoisotopic (exact) mass is 371 g/mol. The molecule has 0 aliphatic heterocycles. The van der Waals surface area contributed by atoms with Crippen LogP contribution in [0.25, 0.3) is 10.9 Å². The van der Waals surface area contributed by atoms with Crippen molar-refractivity contribution in [2.75, 3.05) is 12.4 Å². The number of rotatable bonds is 4. The minimum absolute atomic E-state index is 0.188. The van der Waals surface area contributed by atoms with Crippen LogP contribution in [0, 0.1) is 6.92 Å². The Morgan fingerprint density at radius 1 is 1.27 bits per heavy atom. The summed E-state index contributed by atoms with van der Waals surface area (Å²) in [7, 11) is 1.61. The Morgan fingerprint density at radius 2 is 1.96 bits per heavy atom. The van der Waals surface area contributed by atoms with E-state index in [1.165, 1.54) is 6.92 Å². The maximum atomic E-state index is 13.0. The number of carbonyl (C=O) groups excluding carboxylic acids is 1. The van der Waals surface area contributed by atoms with Gasteiger partial charge in [-0.2, -0.15) is 0 Å². The van der Waals surface area contributed by atoms with Gasteiger partial charge in [-0.05, 0) is 36.8 Å². The van der Waals surface area contributed by atoms with Gasteiger partial charge in [0.1, 0.15) is 11.6 Å². The van der Waals surface area contributed by atoms with Crippen molar-refractivity contribution in [3.8, 4) is 5.75 Å². The lowest BCUT2D eigenvalue weighted by Gasteiger charge is -2.13. The summed E-state index contributed by atoms with van der Waals surface area (Å²) in [5.74, 6) is 1.08. The van der Waals surface area contributed by atoms with Crippen molar-refractivity contribution in [1.29, 1.82) is 0 Å². The SMILES string of the molecule is COc1ccc(Cn2c(C)nc3cc(Cl)c(NC(C)=O)cc3c2=O)cc1. The molecule has 3 rings (SSSR count). The fourth-order valence-electron chi connectivity index (χ4n) is 2.74. The summed E-state index contributed by atoms with van der Waals surface area (Å²) in [4.78, 5) is 28.8. The van der Waals surface area contributed by atoms with E-state index in [1.807, 2.05) is 24.3 Å². The summed E-state index contributed by atoms with van der Waals surface area (Å²) in [5, 5.41) is 3.37. The number of fused-ring (bicyclic) bond motifs is 1. The fourth-order valence-corrected chi connectivity index (χ4v) is 2.94. The Hall–Kier alpha value is -2.86. The molecule has 7 heteroatoms. The summed E-state index contributed by atoms with van der Waals surface area (Å²) >= 11 is 6.17. The van der Waals surface area contributed by atoms with Crippen LogP contribution in [-0.4, -0.2) is 22.6 Å². The first-order valence-electron chi connectivity index (χ1n) is 8.00. The molecule has 1 aromatic heterocycles. The van der Waals surface area contributed by atoms with Gasteiger partial charge in [-0.3, -0.25) is 14.2 Å². The van der Waals surface area contributed by atoms with E-state index in [-0.39, 0.29) is 11.5 Å². The first-order valence-corrected chi connectivity index (χ1v) is 8.38. The molecule has 6 nitrogen and oxygen atoms in total. The van der Waals surface area contributed by atoms with Crippen molar-refractivity contribution in [3.63, 3.8) is 0 Å². The first-order chi connectivity index (χ1) is 12.4. The number of amides is 1. The zero-order valence-electron chi connectivity index (χ0n) is 14.7. The van der Waals surface area contributed by atoms with Crippen LogP contribution in [0.3, 0.4) is 0 Å². The predicted molar refractivity (Wildman–Crippen MR) is 102 cm³/mol. The molecular weight excluding hydrogens is 354 g/mol. The van der Waals surface area contributed by atoms with Gasteiger partial charge in [0, 0.05) is 6.92 Å². The van der Waals surface area contributed by atoms with Crippen LogP contribution in [0.1, 0.15) is 18.3 Å². The summed E-state index contributed by atoms with van der Waals surface area (Å²) in [6.07, 6.45) is 0. The molecule has 0 fully saturated rings. The molecule has 0 saturated heterocycles. The average Bonchev–Trinajstić information content (AvgIpc) is 2.60. The van der Waals surface area contributed by atoms with Crippen LogP contribution in [0.5, 0.6) is 5.75 Å². The van der Waals surface area contributed by atoms with E-state index in [9.17, 15) is 9.59 Å². The number of hydrogen-bond acceptors (Lipinski definition) is 4. The molecule has 0 spiro atoms. The zero-order valence-corrected chi connectivity index (χ0v) is 15.4. The molecule has 0 aliphatic rings. The summed E-state index contributed by atoms with van der Waals surface area (Å²) in [6, 6.07) is 10.7. The number of aryl methyl sites for hydroxylation is 1. The lowest BCUT2D eigenvalue weighted by Crippen LogP contribution is -2.24. The van der Waals surface area contributed by atoms with Gasteiger partial charge in [-0.25, -0.2) is 4.98 Å². The van der Waals surface area contributed by atoms with Crippen molar-refractivity contribution >= 4 is 34.1 Å². The van der Waals surface area contributed by atoms with Gasteiger partial charge >= 0.3 is 0 Å². The summed E-state index contributed by atoms with van der Waals surface area (Å²) in [6.45, 7) is 3.55. The average molecular weight is 372 g/mol. The van der Waals surface area contributed by atoms with E-state index < -0.39 is 0 Å². The van der Waals surface area contributed by atoms with Gasteiger partial charge in [-0.1, -0.05) is 23.7 Å². The van der Waals surface area contributed by atoms with Gasteiger partial charge in [0.15, 0.2) is 0 Å². The lowest BCUT2D eigenvalue weighted by molar-refractivity contribution is -0.114. The highest BCUT2D eigenvalue weighted by atomic mass is 35.5. The molecule has 0 saturated carbocycles. The summed E-state index contributed by atoms with van der Waals surface area (Å²) in [5.41, 5.74) is 1.66. The highest BCUT2D eigenvalue weighted by Crippen LogP contribution is 2.26. The number of ether oxygens (including phenoxy) is 1. The van der Waals surface area contributed by atoms with Crippen molar-refractivity contribution < 1.29 is 9.53 Å². The molecule has 0 aliphatic carbocycles. The topological polar surface area (TPSA) is 73.2 Å². The zero-order chi connectivity index (χ0) is 18.8. The van der Waals surface area contributed by atoms with Crippen LogP contribution < -0.4 is 15.6 Å².